The fourth-order valence-corrected chi connectivity index (χ4v) is 2.70. The van der Waals surface area contributed by atoms with Crippen LogP contribution in [0.3, 0.4) is 0 Å². The van der Waals surface area contributed by atoms with E-state index in [1.165, 1.54) is 31.8 Å². The number of aromatic amines is 1. The Bertz CT molecular complexity index is 457. The lowest BCUT2D eigenvalue weighted by molar-refractivity contribution is -0.131. The molecule has 0 aromatic carbocycles. The lowest BCUT2D eigenvalue weighted by Crippen LogP contribution is -2.19. The lowest BCUT2D eigenvalue weighted by atomic mass is 10.0. The van der Waals surface area contributed by atoms with Gasteiger partial charge in [0.15, 0.2) is 0 Å². The highest BCUT2D eigenvalue weighted by atomic mass is 16.4. The highest BCUT2D eigenvalue weighted by Gasteiger charge is 2.03. The van der Waals surface area contributed by atoms with Crippen LogP contribution in [0.2, 0.25) is 0 Å². The third-order valence-electron chi connectivity index (χ3n) is 4.10. The van der Waals surface area contributed by atoms with Crippen molar-refractivity contribution in [1.82, 2.24) is 4.98 Å². The van der Waals surface area contributed by atoms with Crippen LogP contribution in [0.25, 0.3) is 5.32 Å². The van der Waals surface area contributed by atoms with Gasteiger partial charge in [0.1, 0.15) is 0 Å². The van der Waals surface area contributed by atoms with E-state index in [1.54, 1.807) is 6.08 Å². The zero-order chi connectivity index (χ0) is 17.6. The smallest absolute Gasteiger partial charge is 0.327 e. The number of carboxylic acid groups (broad SMARTS) is 1. The van der Waals surface area contributed by atoms with E-state index >= 15 is 0 Å². The predicted molar refractivity (Wildman–Crippen MR) is 99.6 cm³/mol. The molecular formula is C19H32N3O2-. The van der Waals surface area contributed by atoms with Gasteiger partial charge in [-0.25, -0.2) is 4.79 Å². The first kappa shape index (κ1) is 20.3. The predicted octanol–water partition coefficient (Wildman–Crippen LogP) is 4.89. The van der Waals surface area contributed by atoms with Crippen molar-refractivity contribution in [3.8, 4) is 0 Å². The molecule has 0 bridgehead atoms. The van der Waals surface area contributed by atoms with E-state index in [9.17, 15) is 4.79 Å². The molecule has 2 atom stereocenters. The summed E-state index contributed by atoms with van der Waals surface area (Å²) in [6.45, 7) is 2.19. The molecule has 24 heavy (non-hydrogen) atoms. The van der Waals surface area contributed by atoms with Crippen molar-refractivity contribution >= 4 is 11.8 Å². The fourth-order valence-electron chi connectivity index (χ4n) is 2.70. The molecule has 0 amide bonds. The molecule has 5 heteroatoms. The number of hydrogen-bond acceptors (Lipinski definition) is 2. The molecule has 0 aliphatic carbocycles. The highest BCUT2D eigenvalue weighted by molar-refractivity contribution is 5.80. The van der Waals surface area contributed by atoms with Gasteiger partial charge in [-0.2, -0.15) is 0 Å². The normalized spacial score (nSPS) is 13.9. The Morgan fingerprint density at radius 2 is 1.96 bits per heavy atom. The van der Waals surface area contributed by atoms with E-state index in [0.717, 1.165) is 37.9 Å². The Hall–Kier alpha value is -1.75. The molecule has 136 valence electrons. The molecule has 1 heterocycles. The summed E-state index contributed by atoms with van der Waals surface area (Å²) >= 11 is 0. The first-order valence-corrected chi connectivity index (χ1v) is 9.12. The number of nitrogens with two attached hydrogens (primary N) is 1. The van der Waals surface area contributed by atoms with Gasteiger partial charge in [0.2, 0.25) is 0 Å². The van der Waals surface area contributed by atoms with Gasteiger partial charge in [0.25, 0.3) is 0 Å². The molecule has 0 fully saturated rings. The van der Waals surface area contributed by atoms with Crippen LogP contribution < -0.4 is 5.73 Å². The fraction of sp³-hybridized carbons (Fsp3) is 0.632. The molecule has 5 nitrogen and oxygen atoms in total. The van der Waals surface area contributed by atoms with E-state index in [-0.39, 0.29) is 6.04 Å². The number of nitrogens with one attached hydrogen (secondary N) is 1. The third kappa shape index (κ3) is 10.1. The zero-order valence-corrected chi connectivity index (χ0v) is 14.8. The minimum atomic E-state index is -0.928. The molecule has 4 N–H and O–H groups in total. The van der Waals surface area contributed by atoms with E-state index in [4.69, 9.17) is 10.8 Å². The number of aromatic nitrogens is 1. The van der Waals surface area contributed by atoms with E-state index in [1.807, 2.05) is 18.3 Å². The lowest BCUT2D eigenvalue weighted by Gasteiger charge is -2.21. The summed E-state index contributed by atoms with van der Waals surface area (Å²) < 4.78 is 0. The number of nitrogens with zero attached hydrogens (tertiary/aromatic N) is 1. The molecule has 0 radical (unpaired) electrons. The maximum Gasteiger partial charge on any atom is 0.327 e. The van der Waals surface area contributed by atoms with Gasteiger partial charge in [-0.1, -0.05) is 75.7 Å². The minimum absolute atomic E-state index is 0.0911. The Morgan fingerprint density at radius 1 is 1.25 bits per heavy atom. The second-order valence-corrected chi connectivity index (χ2v) is 6.34. The summed E-state index contributed by atoms with van der Waals surface area (Å²) in [5, 5.41) is 13.3. The number of carboxylic acids is 1. The summed E-state index contributed by atoms with van der Waals surface area (Å²) in [7, 11) is 0. The molecule has 0 aliphatic rings. The van der Waals surface area contributed by atoms with Crippen molar-refractivity contribution < 1.29 is 9.90 Å². The van der Waals surface area contributed by atoms with Crippen molar-refractivity contribution in [3.63, 3.8) is 0 Å². The number of H-pyrrole nitrogens is 1. The summed E-state index contributed by atoms with van der Waals surface area (Å²) in [5.41, 5.74) is 6.08. The first-order valence-electron chi connectivity index (χ1n) is 9.12. The summed E-state index contributed by atoms with van der Waals surface area (Å²) in [5.74, 6) is -0.139. The van der Waals surface area contributed by atoms with Crippen molar-refractivity contribution in [2.75, 3.05) is 0 Å². The number of rotatable bonds is 14. The van der Waals surface area contributed by atoms with Gasteiger partial charge >= 0.3 is 5.97 Å². The quantitative estimate of drug-likeness (QED) is 0.334. The van der Waals surface area contributed by atoms with Crippen molar-refractivity contribution in [3.05, 3.63) is 35.8 Å². The summed E-state index contributed by atoms with van der Waals surface area (Å²) in [6.07, 6.45) is 14.7. The van der Waals surface area contributed by atoms with Crippen LogP contribution in [0.1, 0.15) is 64.7 Å². The monoisotopic (exact) mass is 334 g/mol. The molecule has 1 rings (SSSR count). The Balaban J connectivity index is 2.21. The Labute approximate surface area is 145 Å². The van der Waals surface area contributed by atoms with Gasteiger partial charge < -0.3 is 21.1 Å². The zero-order valence-electron chi connectivity index (χ0n) is 14.8. The average molecular weight is 334 g/mol. The van der Waals surface area contributed by atoms with Gasteiger partial charge in [0, 0.05) is 12.1 Å². The van der Waals surface area contributed by atoms with E-state index in [0.29, 0.717) is 6.04 Å². The van der Waals surface area contributed by atoms with E-state index in [2.05, 4.69) is 17.2 Å². The van der Waals surface area contributed by atoms with Gasteiger partial charge in [-0.3, -0.25) is 0 Å². The standard InChI is InChI=1S/C19H32N3O2/c1-2-3-9-16(20)10-6-4-5-7-11-17(13-14-19(23)24)22-18-12-8-15-21-18/h8,12-17,21H,2-7,9-11,20H2,1H3,(H,23,24)/q-1. The third-order valence-corrected chi connectivity index (χ3v) is 4.10. The summed E-state index contributed by atoms with van der Waals surface area (Å²) in [4.78, 5) is 13.7. The molecule has 1 aromatic rings. The average Bonchev–Trinajstić information content (AvgIpc) is 3.06. The van der Waals surface area contributed by atoms with Crippen molar-refractivity contribution in [2.45, 2.75) is 76.8 Å². The molecular weight excluding hydrogens is 302 g/mol. The van der Waals surface area contributed by atoms with Crippen LogP contribution >= 0.6 is 0 Å². The van der Waals surface area contributed by atoms with Crippen LogP contribution in [0.5, 0.6) is 0 Å². The van der Waals surface area contributed by atoms with Crippen LogP contribution in [-0.4, -0.2) is 28.1 Å². The maximum absolute atomic E-state index is 10.7. The summed E-state index contributed by atoms with van der Waals surface area (Å²) in [6, 6.07) is 4.03. The second kappa shape index (κ2) is 12.6. The van der Waals surface area contributed by atoms with Crippen LogP contribution in [0, 0.1) is 0 Å². The van der Waals surface area contributed by atoms with Crippen LogP contribution in [0.15, 0.2) is 30.5 Å². The van der Waals surface area contributed by atoms with Crippen LogP contribution in [-0.2, 0) is 4.79 Å². The van der Waals surface area contributed by atoms with Gasteiger partial charge in [-0.05, 0) is 25.3 Å². The number of unbranched alkanes of at least 4 members (excludes halogenated alkanes) is 4. The number of aliphatic carboxylic acids is 1. The molecule has 1 aromatic heterocycles. The van der Waals surface area contributed by atoms with Crippen molar-refractivity contribution in [1.29, 1.82) is 0 Å². The van der Waals surface area contributed by atoms with Gasteiger partial charge in [0.05, 0.1) is 0 Å². The molecule has 0 aliphatic heterocycles. The second-order valence-electron chi connectivity index (χ2n) is 6.34. The maximum atomic E-state index is 10.7. The first-order chi connectivity index (χ1) is 11.6. The van der Waals surface area contributed by atoms with Gasteiger partial charge in [-0.15, -0.1) is 0 Å². The molecule has 0 saturated heterocycles. The van der Waals surface area contributed by atoms with Crippen molar-refractivity contribution in [2.24, 2.45) is 5.73 Å². The molecule has 0 saturated carbocycles. The Morgan fingerprint density at radius 3 is 2.58 bits per heavy atom. The topological polar surface area (TPSA) is 93.2 Å². The molecule has 0 spiro atoms. The SMILES string of the molecule is CCCCC(N)CCCCCCC(C=CC(=O)O)[N-]c1ccc[nH]1. The molecule has 2 unspecified atom stereocenters. The Kier molecular flexibility index (Phi) is 10.7. The largest absolute Gasteiger partial charge is 0.478 e. The van der Waals surface area contributed by atoms with Crippen LogP contribution in [0.4, 0.5) is 5.82 Å². The number of carbonyl (C=O) groups is 1. The minimum Gasteiger partial charge on any atom is -0.478 e. The highest BCUT2D eigenvalue weighted by Crippen LogP contribution is 2.23. The van der Waals surface area contributed by atoms with E-state index < -0.39 is 5.97 Å². The number of hydrogen-bond donors (Lipinski definition) is 3.